The van der Waals surface area contributed by atoms with Gasteiger partial charge in [0.05, 0.1) is 31.4 Å². The lowest BCUT2D eigenvalue weighted by molar-refractivity contribution is -0.885. The van der Waals surface area contributed by atoms with E-state index in [9.17, 15) is 14.4 Å². The number of fused-ring (bicyclic) bond motifs is 3. The molecule has 6 nitrogen and oxygen atoms in total. The zero-order valence-corrected chi connectivity index (χ0v) is 21.6. The second kappa shape index (κ2) is 9.78. The molecule has 37 heavy (non-hydrogen) atoms. The molecule has 0 bridgehead atoms. The van der Waals surface area contributed by atoms with Crippen LogP contribution in [0.2, 0.25) is 10.0 Å². The smallest absolute Gasteiger partial charge is 0.330 e. The summed E-state index contributed by atoms with van der Waals surface area (Å²) in [7, 11) is 2.48. The maximum atomic E-state index is 14.4. The molecule has 0 saturated carbocycles. The fraction of sp³-hybridized carbons (Fsp3) is 0.207. The van der Waals surface area contributed by atoms with Gasteiger partial charge in [-0.2, -0.15) is 0 Å². The van der Waals surface area contributed by atoms with E-state index >= 15 is 0 Å². The highest BCUT2D eigenvalue weighted by atomic mass is 35.5. The van der Waals surface area contributed by atoms with Crippen molar-refractivity contribution in [1.29, 1.82) is 0 Å². The molecule has 1 fully saturated rings. The number of esters is 2. The minimum absolute atomic E-state index is 0.190. The third-order valence-corrected chi connectivity index (χ3v) is 7.97. The Kier molecular flexibility index (Phi) is 6.67. The summed E-state index contributed by atoms with van der Waals surface area (Å²) in [5, 5.41) is 0.582. The molecule has 2 aliphatic rings. The largest absolute Gasteiger partial charge is 0.468 e. The molecule has 4 atom stereocenters. The van der Waals surface area contributed by atoms with Crippen molar-refractivity contribution in [3.8, 4) is 0 Å². The summed E-state index contributed by atoms with van der Waals surface area (Å²) in [5.74, 6) is -2.78. The molecule has 5 rings (SSSR count). The van der Waals surface area contributed by atoms with Crippen molar-refractivity contribution in [2.75, 3.05) is 14.2 Å². The van der Waals surface area contributed by atoms with Crippen LogP contribution in [0.1, 0.15) is 39.0 Å². The molecule has 2 heterocycles. The van der Waals surface area contributed by atoms with E-state index in [-0.39, 0.29) is 16.4 Å². The number of carbonyl (C=O) groups excluding carboxylic acids is 3. The van der Waals surface area contributed by atoms with Crippen molar-refractivity contribution >= 4 is 47.0 Å². The number of ether oxygens (including phenoxy) is 2. The maximum absolute atomic E-state index is 14.4. The number of carbonyl (C=O) groups is 3. The van der Waals surface area contributed by atoms with Crippen LogP contribution in [0.15, 0.2) is 79.0 Å². The van der Waals surface area contributed by atoms with Crippen LogP contribution in [0.3, 0.4) is 0 Å². The molecule has 1 N–H and O–H groups in total. The van der Waals surface area contributed by atoms with E-state index in [0.717, 1.165) is 11.1 Å². The zero-order valence-electron chi connectivity index (χ0n) is 20.1. The molecule has 2 aliphatic heterocycles. The van der Waals surface area contributed by atoms with Gasteiger partial charge >= 0.3 is 11.9 Å². The van der Waals surface area contributed by atoms with Crippen LogP contribution >= 0.6 is 23.2 Å². The first-order valence-electron chi connectivity index (χ1n) is 11.7. The van der Waals surface area contributed by atoms with E-state index in [1.54, 1.807) is 12.1 Å². The predicted octanol–water partition coefficient (Wildman–Crippen LogP) is 4.29. The topological polar surface area (TPSA) is 74.1 Å². The Labute approximate surface area is 224 Å². The number of Topliss-reactive ketones (excluding diaryl/α,β-unsaturated/α-hetero) is 1. The molecule has 8 heteroatoms. The molecular weight excluding hydrogens is 513 g/mol. The standard InChI is InChI=1S/C29H23Cl2NO5/c1-36-27(34)29(28(35)37-2)23(18-9-4-3-5-10-18)24(25(33)21-13-12-19(30)16-22(21)31)32-15-14-17-8-6-7-11-20(17)26(29)32/h3-16,23-24,26H,1-2H3/p+1/t23-,24+,26+/m0/s1. The Bertz CT molecular complexity index is 1400. The van der Waals surface area contributed by atoms with E-state index in [1.165, 1.54) is 20.3 Å². The Morgan fingerprint density at radius 1 is 0.865 bits per heavy atom. The van der Waals surface area contributed by atoms with Gasteiger partial charge in [0.1, 0.15) is 6.04 Å². The van der Waals surface area contributed by atoms with Crippen molar-refractivity contribution < 1.29 is 28.8 Å². The van der Waals surface area contributed by atoms with Crippen LogP contribution in [0.25, 0.3) is 6.08 Å². The van der Waals surface area contributed by atoms with Crippen LogP contribution in [0.4, 0.5) is 0 Å². The van der Waals surface area contributed by atoms with Crippen LogP contribution in [0, 0.1) is 5.41 Å². The first kappa shape index (κ1) is 25.2. The van der Waals surface area contributed by atoms with Crippen LogP contribution in [0.5, 0.6) is 0 Å². The lowest BCUT2D eigenvalue weighted by atomic mass is 9.65. The van der Waals surface area contributed by atoms with Gasteiger partial charge in [0.25, 0.3) is 0 Å². The van der Waals surface area contributed by atoms with Gasteiger partial charge < -0.3 is 9.47 Å². The molecular formula is C29H24Cl2NO5+. The quantitative estimate of drug-likeness (QED) is 0.299. The summed E-state index contributed by atoms with van der Waals surface area (Å²) < 4.78 is 10.6. The Morgan fingerprint density at radius 2 is 1.51 bits per heavy atom. The average molecular weight is 537 g/mol. The normalized spacial score (nSPS) is 23.0. The number of methoxy groups -OCH3 is 2. The molecule has 3 aromatic carbocycles. The third-order valence-electron chi connectivity index (χ3n) is 7.42. The number of rotatable bonds is 5. The van der Waals surface area contributed by atoms with E-state index in [2.05, 4.69) is 0 Å². The fourth-order valence-electron chi connectivity index (χ4n) is 6.00. The number of quaternary nitrogens is 1. The van der Waals surface area contributed by atoms with Gasteiger partial charge in [0, 0.05) is 16.1 Å². The number of hydrogen-bond acceptors (Lipinski definition) is 5. The molecule has 0 aliphatic carbocycles. The van der Waals surface area contributed by atoms with Crippen molar-refractivity contribution in [2.24, 2.45) is 5.41 Å². The summed E-state index contributed by atoms with van der Waals surface area (Å²) in [6.07, 6.45) is 3.74. The van der Waals surface area contributed by atoms with Crippen molar-refractivity contribution in [1.82, 2.24) is 0 Å². The highest BCUT2D eigenvalue weighted by molar-refractivity contribution is 6.37. The lowest BCUT2D eigenvalue weighted by Crippen LogP contribution is -3.12. The molecule has 1 saturated heterocycles. The molecule has 1 unspecified atom stereocenters. The van der Waals surface area contributed by atoms with Crippen LogP contribution in [-0.4, -0.2) is 38.0 Å². The van der Waals surface area contributed by atoms with Gasteiger partial charge in [-0.1, -0.05) is 77.8 Å². The van der Waals surface area contributed by atoms with Crippen LogP contribution in [-0.2, 0) is 19.1 Å². The molecule has 0 aromatic heterocycles. The second-order valence-corrected chi connectivity index (χ2v) is 9.95. The molecule has 0 amide bonds. The highest BCUT2D eigenvalue weighted by Crippen LogP contribution is 2.54. The molecule has 188 valence electrons. The van der Waals surface area contributed by atoms with Gasteiger partial charge in [-0.3, -0.25) is 19.3 Å². The Hall–Kier alpha value is -3.45. The summed E-state index contributed by atoms with van der Waals surface area (Å²) in [5.41, 5.74) is 0.614. The zero-order chi connectivity index (χ0) is 26.3. The average Bonchev–Trinajstić information content (AvgIpc) is 3.24. The number of nitrogens with one attached hydrogen (secondary N) is 1. The lowest BCUT2D eigenvalue weighted by Gasteiger charge is -2.34. The van der Waals surface area contributed by atoms with E-state index in [1.807, 2.05) is 66.9 Å². The maximum Gasteiger partial charge on any atom is 0.330 e. The minimum Gasteiger partial charge on any atom is -0.468 e. The SMILES string of the molecule is COC(=O)C1(C(=O)OC)[C@@H](c2ccccc2)[C@H](C(=O)c2ccc(Cl)cc2Cl)[NH+]2C=Cc3ccccc3[C@@H]21. The Balaban J connectivity index is 1.85. The first-order valence-corrected chi connectivity index (χ1v) is 12.5. The van der Waals surface area contributed by atoms with Gasteiger partial charge in [-0.25, -0.2) is 0 Å². The summed E-state index contributed by atoms with van der Waals surface area (Å²) >= 11 is 12.6. The molecule has 0 radical (unpaired) electrons. The number of halogens is 2. The van der Waals surface area contributed by atoms with Crippen molar-refractivity contribution in [3.63, 3.8) is 0 Å². The monoisotopic (exact) mass is 536 g/mol. The van der Waals surface area contributed by atoms with E-state index in [4.69, 9.17) is 32.7 Å². The second-order valence-electron chi connectivity index (χ2n) is 9.10. The van der Waals surface area contributed by atoms with Gasteiger partial charge in [0.2, 0.25) is 11.2 Å². The number of ketones is 1. The van der Waals surface area contributed by atoms with E-state index < -0.39 is 35.4 Å². The first-order chi connectivity index (χ1) is 17.9. The van der Waals surface area contributed by atoms with Gasteiger partial charge in [0.15, 0.2) is 6.04 Å². The predicted molar refractivity (Wildman–Crippen MR) is 139 cm³/mol. The van der Waals surface area contributed by atoms with Gasteiger partial charge in [-0.05, 0) is 35.4 Å². The van der Waals surface area contributed by atoms with Crippen molar-refractivity contribution in [2.45, 2.75) is 18.0 Å². The molecule has 3 aromatic rings. The summed E-state index contributed by atoms with van der Waals surface area (Å²) in [4.78, 5) is 42.7. The summed E-state index contributed by atoms with van der Waals surface area (Å²) in [6.45, 7) is 0. The Morgan fingerprint density at radius 3 is 2.16 bits per heavy atom. The minimum atomic E-state index is -1.86. The molecule has 0 spiro atoms. The summed E-state index contributed by atoms with van der Waals surface area (Å²) in [6, 6.07) is 19.5. The highest BCUT2D eigenvalue weighted by Gasteiger charge is 2.75. The van der Waals surface area contributed by atoms with Crippen LogP contribution < -0.4 is 4.90 Å². The number of hydrogen-bond donors (Lipinski definition) is 1. The number of benzene rings is 3. The van der Waals surface area contributed by atoms with E-state index in [0.29, 0.717) is 15.5 Å². The fourth-order valence-corrected chi connectivity index (χ4v) is 6.50. The van der Waals surface area contributed by atoms with Crippen molar-refractivity contribution in [3.05, 3.63) is 111 Å². The van der Waals surface area contributed by atoms with Gasteiger partial charge in [-0.15, -0.1) is 0 Å². The third kappa shape index (κ3) is 3.79.